The first-order valence-corrected chi connectivity index (χ1v) is 11.3. The average molecular weight is 462 g/mol. The van der Waals surface area contributed by atoms with Gasteiger partial charge in [0.2, 0.25) is 0 Å². The van der Waals surface area contributed by atoms with E-state index in [4.69, 9.17) is 9.47 Å². The fourth-order valence-corrected chi connectivity index (χ4v) is 4.17. The van der Waals surface area contributed by atoms with Crippen LogP contribution in [0.5, 0.6) is 11.5 Å². The van der Waals surface area contributed by atoms with Gasteiger partial charge >= 0.3 is 6.03 Å². The Morgan fingerprint density at radius 3 is 2.09 bits per heavy atom. The first-order chi connectivity index (χ1) is 16.4. The van der Waals surface area contributed by atoms with Crippen LogP contribution in [-0.4, -0.2) is 61.5 Å². The number of hydrogen-bond donors (Lipinski definition) is 1. The smallest absolute Gasteiger partial charge is 0.322 e. The maximum absolute atomic E-state index is 12.9. The predicted molar refractivity (Wildman–Crippen MR) is 134 cm³/mol. The molecular weight excluding hydrogens is 430 g/mol. The van der Waals surface area contributed by atoms with Gasteiger partial charge in [-0.3, -0.25) is 0 Å². The molecule has 0 spiro atoms. The molecule has 1 saturated heterocycles. The number of nitrogens with one attached hydrogen (secondary N) is 1. The summed E-state index contributed by atoms with van der Waals surface area (Å²) < 4.78 is 10.8. The number of aryl methyl sites for hydroxylation is 3. The van der Waals surface area contributed by atoms with Gasteiger partial charge in [-0.2, -0.15) is 0 Å². The van der Waals surface area contributed by atoms with Crippen LogP contribution in [0.1, 0.15) is 16.7 Å². The van der Waals surface area contributed by atoms with Crippen LogP contribution >= 0.6 is 0 Å². The third-order valence-electron chi connectivity index (χ3n) is 6.32. The van der Waals surface area contributed by atoms with E-state index in [1.807, 2.05) is 18.2 Å². The lowest BCUT2D eigenvalue weighted by Gasteiger charge is -2.35. The summed E-state index contributed by atoms with van der Waals surface area (Å²) in [6, 6.07) is 13.6. The van der Waals surface area contributed by atoms with Crippen LogP contribution in [0.25, 0.3) is 11.3 Å². The van der Waals surface area contributed by atoms with Gasteiger partial charge in [-0.25, -0.2) is 4.79 Å². The highest BCUT2D eigenvalue weighted by Crippen LogP contribution is 2.34. The number of methoxy groups -OCH3 is 2. The van der Waals surface area contributed by atoms with Crippen LogP contribution in [0.15, 0.2) is 42.5 Å². The fourth-order valence-electron chi connectivity index (χ4n) is 4.17. The molecule has 3 aromatic rings. The monoisotopic (exact) mass is 461 g/mol. The van der Waals surface area contributed by atoms with Crippen molar-refractivity contribution in [1.82, 2.24) is 15.1 Å². The second-order valence-electron chi connectivity index (χ2n) is 8.47. The summed E-state index contributed by atoms with van der Waals surface area (Å²) in [5, 5.41) is 11.9. The molecule has 34 heavy (non-hydrogen) atoms. The van der Waals surface area contributed by atoms with Crippen molar-refractivity contribution in [2.75, 3.05) is 50.6 Å². The molecule has 8 heteroatoms. The van der Waals surface area contributed by atoms with Gasteiger partial charge in [0, 0.05) is 31.7 Å². The van der Waals surface area contributed by atoms with Gasteiger partial charge in [-0.15, -0.1) is 10.2 Å². The molecule has 178 valence electrons. The molecule has 0 atom stereocenters. The van der Waals surface area contributed by atoms with Crippen LogP contribution in [0.4, 0.5) is 16.3 Å². The Hall–Kier alpha value is -3.81. The molecule has 1 N–H and O–H groups in total. The van der Waals surface area contributed by atoms with E-state index < -0.39 is 0 Å². The number of carbonyl (C=O) groups is 1. The van der Waals surface area contributed by atoms with E-state index in [0.29, 0.717) is 43.4 Å². The molecule has 1 fully saturated rings. The third kappa shape index (κ3) is 4.76. The van der Waals surface area contributed by atoms with E-state index >= 15 is 0 Å². The van der Waals surface area contributed by atoms with Crippen molar-refractivity contribution in [3.8, 4) is 22.8 Å². The van der Waals surface area contributed by atoms with Gasteiger partial charge in [0.05, 0.1) is 19.9 Å². The molecule has 1 aliphatic heterocycles. The fraction of sp³-hybridized carbons (Fsp3) is 0.346. The van der Waals surface area contributed by atoms with Crippen molar-refractivity contribution in [2.45, 2.75) is 20.8 Å². The minimum Gasteiger partial charge on any atom is -0.494 e. The number of benzene rings is 2. The largest absolute Gasteiger partial charge is 0.494 e. The number of aromatic nitrogens is 2. The molecule has 2 aromatic carbocycles. The van der Waals surface area contributed by atoms with E-state index in [1.165, 1.54) is 16.7 Å². The quantitative estimate of drug-likeness (QED) is 0.605. The van der Waals surface area contributed by atoms with Gasteiger partial charge in [0.15, 0.2) is 5.82 Å². The topological polar surface area (TPSA) is 79.8 Å². The summed E-state index contributed by atoms with van der Waals surface area (Å²) in [6.07, 6.45) is 0. The van der Waals surface area contributed by atoms with E-state index in [1.54, 1.807) is 31.3 Å². The number of para-hydroxylation sites is 1. The number of nitrogens with zero attached hydrogens (tertiary/aromatic N) is 4. The van der Waals surface area contributed by atoms with Crippen molar-refractivity contribution >= 4 is 17.5 Å². The molecule has 1 aliphatic rings. The molecule has 0 saturated carbocycles. The second-order valence-corrected chi connectivity index (χ2v) is 8.47. The molecule has 2 amide bonds. The lowest BCUT2D eigenvalue weighted by Crippen LogP contribution is -2.50. The minimum absolute atomic E-state index is 0.186. The minimum atomic E-state index is -0.186. The molecule has 0 aliphatic carbocycles. The van der Waals surface area contributed by atoms with Crippen molar-refractivity contribution in [2.24, 2.45) is 0 Å². The van der Waals surface area contributed by atoms with E-state index in [9.17, 15) is 4.79 Å². The summed E-state index contributed by atoms with van der Waals surface area (Å²) in [5.74, 6) is 1.93. The van der Waals surface area contributed by atoms with Gasteiger partial charge in [0.25, 0.3) is 0 Å². The highest BCUT2D eigenvalue weighted by molar-refractivity contribution is 5.93. The van der Waals surface area contributed by atoms with Gasteiger partial charge in [-0.05, 0) is 67.8 Å². The zero-order valence-corrected chi connectivity index (χ0v) is 20.4. The van der Waals surface area contributed by atoms with Crippen molar-refractivity contribution in [3.05, 3.63) is 59.2 Å². The zero-order chi connectivity index (χ0) is 24.2. The highest BCUT2D eigenvalue weighted by Gasteiger charge is 2.24. The Balaban J connectivity index is 1.40. The SMILES string of the molecule is COc1cccc(OC)c1NC(=O)N1CCN(c2ccc(-c3cc(C)c(C)cc3C)nn2)CC1. The van der Waals surface area contributed by atoms with Gasteiger partial charge in [-0.1, -0.05) is 12.1 Å². The summed E-state index contributed by atoms with van der Waals surface area (Å²) in [4.78, 5) is 16.8. The number of rotatable bonds is 5. The normalized spacial score (nSPS) is 13.6. The molecule has 0 unspecified atom stereocenters. The molecule has 1 aromatic heterocycles. The number of ether oxygens (including phenoxy) is 2. The Bertz CT molecular complexity index is 1150. The second kappa shape index (κ2) is 9.99. The molecule has 2 heterocycles. The Kier molecular flexibility index (Phi) is 6.86. The molecule has 0 radical (unpaired) electrons. The first-order valence-electron chi connectivity index (χ1n) is 11.3. The summed E-state index contributed by atoms with van der Waals surface area (Å²) in [7, 11) is 3.13. The van der Waals surface area contributed by atoms with Gasteiger partial charge in [0.1, 0.15) is 17.2 Å². The Labute approximate surface area is 200 Å². The van der Waals surface area contributed by atoms with Crippen molar-refractivity contribution in [1.29, 1.82) is 0 Å². The number of amides is 2. The van der Waals surface area contributed by atoms with Crippen molar-refractivity contribution in [3.63, 3.8) is 0 Å². The third-order valence-corrected chi connectivity index (χ3v) is 6.32. The molecule has 0 bridgehead atoms. The van der Waals surface area contributed by atoms with E-state index in [2.05, 4.69) is 53.3 Å². The predicted octanol–water partition coefficient (Wildman–Crippen LogP) is 4.44. The number of urea groups is 1. The van der Waals surface area contributed by atoms with Crippen LogP contribution in [0.2, 0.25) is 0 Å². The number of anilines is 2. The van der Waals surface area contributed by atoms with Gasteiger partial charge < -0.3 is 24.6 Å². The number of hydrogen-bond acceptors (Lipinski definition) is 6. The van der Waals surface area contributed by atoms with Crippen molar-refractivity contribution < 1.29 is 14.3 Å². The lowest BCUT2D eigenvalue weighted by molar-refractivity contribution is 0.207. The Morgan fingerprint density at radius 2 is 1.50 bits per heavy atom. The summed E-state index contributed by atoms with van der Waals surface area (Å²) >= 11 is 0. The van der Waals surface area contributed by atoms with E-state index in [-0.39, 0.29) is 6.03 Å². The zero-order valence-electron chi connectivity index (χ0n) is 20.4. The lowest BCUT2D eigenvalue weighted by atomic mass is 9.99. The van der Waals surface area contributed by atoms with E-state index in [0.717, 1.165) is 17.1 Å². The molecule has 8 nitrogen and oxygen atoms in total. The molecule has 4 rings (SSSR count). The van der Waals surface area contributed by atoms with Crippen LogP contribution in [0.3, 0.4) is 0 Å². The summed E-state index contributed by atoms with van der Waals surface area (Å²) in [6.45, 7) is 8.82. The first kappa shape index (κ1) is 23.4. The number of carbonyl (C=O) groups excluding carboxylic acids is 1. The van der Waals surface area contributed by atoms with Crippen LogP contribution in [0, 0.1) is 20.8 Å². The highest BCUT2D eigenvalue weighted by atomic mass is 16.5. The standard InChI is InChI=1S/C26H31N5O3/c1-17-15-19(3)20(16-18(17)2)21-9-10-24(29-28-21)30-11-13-31(14-12-30)26(32)27-25-22(33-4)7-6-8-23(25)34-5/h6-10,15-16H,11-14H2,1-5H3,(H,27,32). The van der Waals surface area contributed by atoms with Crippen LogP contribution in [-0.2, 0) is 0 Å². The van der Waals surface area contributed by atoms with Crippen LogP contribution < -0.4 is 19.7 Å². The maximum atomic E-state index is 12.9. The molecular formula is C26H31N5O3. The maximum Gasteiger partial charge on any atom is 0.322 e. The number of piperazine rings is 1. The summed E-state index contributed by atoms with van der Waals surface area (Å²) in [5.41, 5.74) is 6.21. The Morgan fingerprint density at radius 1 is 0.853 bits per heavy atom. The average Bonchev–Trinajstić information content (AvgIpc) is 2.86.